The fourth-order valence-electron chi connectivity index (χ4n) is 4.33. The molecule has 0 unspecified atom stereocenters. The second-order valence-corrected chi connectivity index (χ2v) is 9.48. The second-order valence-electron chi connectivity index (χ2n) is 9.05. The Hall–Kier alpha value is -4.87. The van der Waals surface area contributed by atoms with Crippen LogP contribution in [0, 0.1) is 18.3 Å². The Morgan fingerprint density at radius 1 is 1.03 bits per heavy atom. The zero-order valence-corrected chi connectivity index (χ0v) is 21.9. The van der Waals surface area contributed by atoms with E-state index in [1.54, 1.807) is 53.3 Å². The van der Waals surface area contributed by atoms with Crippen LogP contribution in [0.2, 0.25) is 5.02 Å². The largest absolute Gasteiger partial charge is 0.369 e. The number of halogens is 1. The standard InChI is InChI=1S/C30H25ClN6O2/c1-19-6-8-20(9-7-19)28(38)27-25(18-32)29(37(36-27)22-12-10-21(31)11-13-22)34-15-3-16-35-30(39)24-4-2-5-26-23(24)14-17-33-26/h2,4-14,17,33-34H,3,15-16H2,1H3,(H,35,39). The molecule has 194 valence electrons. The van der Waals surface area contributed by atoms with E-state index in [2.05, 4.69) is 26.8 Å². The van der Waals surface area contributed by atoms with Crippen LogP contribution >= 0.6 is 11.6 Å². The molecule has 0 aliphatic heterocycles. The smallest absolute Gasteiger partial charge is 0.251 e. The molecule has 0 spiro atoms. The number of carbonyl (C=O) groups excluding carboxylic acids is 2. The normalized spacial score (nSPS) is 10.8. The lowest BCUT2D eigenvalue weighted by atomic mass is 10.0. The Labute approximate surface area is 230 Å². The van der Waals surface area contributed by atoms with Gasteiger partial charge in [-0.05, 0) is 55.8 Å². The van der Waals surface area contributed by atoms with Crippen LogP contribution in [-0.2, 0) is 0 Å². The fraction of sp³-hybridized carbons (Fsp3) is 0.133. The molecule has 0 bridgehead atoms. The molecule has 3 aromatic carbocycles. The van der Waals surface area contributed by atoms with E-state index >= 15 is 0 Å². The Kier molecular flexibility index (Phi) is 7.43. The molecule has 5 aromatic rings. The van der Waals surface area contributed by atoms with Crippen molar-refractivity contribution in [2.75, 3.05) is 18.4 Å². The second kappa shape index (κ2) is 11.3. The number of anilines is 1. The van der Waals surface area contributed by atoms with Crippen molar-refractivity contribution in [3.8, 4) is 11.8 Å². The zero-order chi connectivity index (χ0) is 27.4. The van der Waals surface area contributed by atoms with Gasteiger partial charge < -0.3 is 15.6 Å². The van der Waals surface area contributed by atoms with E-state index in [0.717, 1.165) is 16.5 Å². The van der Waals surface area contributed by atoms with Crippen molar-refractivity contribution in [2.45, 2.75) is 13.3 Å². The van der Waals surface area contributed by atoms with E-state index in [9.17, 15) is 14.9 Å². The first-order valence-corrected chi connectivity index (χ1v) is 12.8. The van der Waals surface area contributed by atoms with Gasteiger partial charge in [0, 0.05) is 46.3 Å². The zero-order valence-electron chi connectivity index (χ0n) is 21.2. The number of aromatic amines is 1. The van der Waals surface area contributed by atoms with Crippen molar-refractivity contribution in [3.05, 3.63) is 112 Å². The van der Waals surface area contributed by atoms with Crippen LogP contribution in [0.5, 0.6) is 0 Å². The Balaban J connectivity index is 1.34. The first-order chi connectivity index (χ1) is 19.0. The molecule has 5 rings (SSSR count). The van der Waals surface area contributed by atoms with E-state index in [-0.39, 0.29) is 22.9 Å². The summed E-state index contributed by atoms with van der Waals surface area (Å²) in [4.78, 5) is 29.2. The highest BCUT2D eigenvalue weighted by atomic mass is 35.5. The molecule has 2 aromatic heterocycles. The topological polar surface area (TPSA) is 116 Å². The number of aryl methyl sites for hydroxylation is 1. The predicted molar refractivity (Wildman–Crippen MR) is 152 cm³/mol. The van der Waals surface area contributed by atoms with Gasteiger partial charge in [0.15, 0.2) is 5.69 Å². The molecule has 0 aliphatic carbocycles. The number of hydrogen-bond donors (Lipinski definition) is 3. The summed E-state index contributed by atoms with van der Waals surface area (Å²) >= 11 is 6.07. The average molecular weight is 537 g/mol. The molecule has 0 radical (unpaired) electrons. The third kappa shape index (κ3) is 5.40. The van der Waals surface area contributed by atoms with E-state index in [0.29, 0.717) is 47.2 Å². The van der Waals surface area contributed by atoms with Gasteiger partial charge in [0.2, 0.25) is 5.78 Å². The monoisotopic (exact) mass is 536 g/mol. The molecule has 2 heterocycles. The van der Waals surface area contributed by atoms with Gasteiger partial charge in [0.1, 0.15) is 17.5 Å². The number of amides is 1. The molecule has 1 amide bonds. The minimum absolute atomic E-state index is 0.0618. The summed E-state index contributed by atoms with van der Waals surface area (Å²) in [6, 6.07) is 23.7. The summed E-state index contributed by atoms with van der Waals surface area (Å²) < 4.78 is 1.54. The van der Waals surface area contributed by atoms with E-state index in [1.807, 2.05) is 37.3 Å². The lowest BCUT2D eigenvalue weighted by Crippen LogP contribution is -2.26. The van der Waals surface area contributed by atoms with Crippen molar-refractivity contribution in [3.63, 3.8) is 0 Å². The number of rotatable bonds is 9. The number of H-pyrrole nitrogens is 1. The molecule has 9 heteroatoms. The maximum atomic E-state index is 13.3. The first-order valence-electron chi connectivity index (χ1n) is 12.4. The number of nitrogens with zero attached hydrogens (tertiary/aromatic N) is 3. The van der Waals surface area contributed by atoms with Crippen LogP contribution in [0.1, 0.15) is 44.0 Å². The number of nitriles is 1. The summed E-state index contributed by atoms with van der Waals surface area (Å²) in [7, 11) is 0. The number of hydrogen-bond acceptors (Lipinski definition) is 5. The maximum absolute atomic E-state index is 13.3. The quantitative estimate of drug-likeness (QED) is 0.166. The van der Waals surface area contributed by atoms with E-state index < -0.39 is 0 Å². The molecular formula is C30H25ClN6O2. The number of fused-ring (bicyclic) bond motifs is 1. The molecule has 3 N–H and O–H groups in total. The number of carbonyl (C=O) groups is 2. The number of ketones is 1. The molecule has 39 heavy (non-hydrogen) atoms. The fourth-order valence-corrected chi connectivity index (χ4v) is 4.46. The highest BCUT2D eigenvalue weighted by Gasteiger charge is 2.25. The summed E-state index contributed by atoms with van der Waals surface area (Å²) in [6.07, 6.45) is 2.38. The summed E-state index contributed by atoms with van der Waals surface area (Å²) in [6.45, 7) is 2.79. The number of benzene rings is 3. The van der Waals surface area contributed by atoms with Gasteiger partial charge >= 0.3 is 0 Å². The van der Waals surface area contributed by atoms with Crippen molar-refractivity contribution < 1.29 is 9.59 Å². The average Bonchev–Trinajstić information content (AvgIpc) is 3.58. The van der Waals surface area contributed by atoms with Crippen LogP contribution in [0.15, 0.2) is 79.0 Å². The van der Waals surface area contributed by atoms with E-state index in [4.69, 9.17) is 11.6 Å². The van der Waals surface area contributed by atoms with Gasteiger partial charge in [0.25, 0.3) is 5.91 Å². The van der Waals surface area contributed by atoms with Crippen molar-refractivity contribution >= 4 is 40.0 Å². The predicted octanol–water partition coefficient (Wildman–Crippen LogP) is 5.65. The van der Waals surface area contributed by atoms with Crippen LogP contribution < -0.4 is 10.6 Å². The van der Waals surface area contributed by atoms with Crippen molar-refractivity contribution in [1.29, 1.82) is 5.26 Å². The highest BCUT2D eigenvalue weighted by molar-refractivity contribution is 6.30. The third-order valence-corrected chi connectivity index (χ3v) is 6.62. The van der Waals surface area contributed by atoms with Crippen LogP contribution in [0.4, 0.5) is 5.82 Å². The Bertz CT molecular complexity index is 1690. The molecule has 0 saturated carbocycles. The number of nitrogens with one attached hydrogen (secondary N) is 3. The Morgan fingerprint density at radius 2 is 1.79 bits per heavy atom. The Morgan fingerprint density at radius 3 is 2.54 bits per heavy atom. The lowest BCUT2D eigenvalue weighted by Gasteiger charge is -2.11. The minimum Gasteiger partial charge on any atom is -0.369 e. The lowest BCUT2D eigenvalue weighted by molar-refractivity contribution is 0.0954. The van der Waals surface area contributed by atoms with Crippen LogP contribution in [0.25, 0.3) is 16.6 Å². The maximum Gasteiger partial charge on any atom is 0.251 e. The number of aromatic nitrogens is 3. The van der Waals surface area contributed by atoms with Gasteiger partial charge in [-0.1, -0.05) is 47.5 Å². The molecule has 8 nitrogen and oxygen atoms in total. The molecular weight excluding hydrogens is 512 g/mol. The summed E-state index contributed by atoms with van der Waals surface area (Å²) in [5.41, 5.74) is 3.84. The van der Waals surface area contributed by atoms with Crippen LogP contribution in [-0.4, -0.2) is 39.5 Å². The first kappa shape index (κ1) is 25.8. The van der Waals surface area contributed by atoms with Gasteiger partial charge in [-0.25, -0.2) is 4.68 Å². The van der Waals surface area contributed by atoms with Crippen LogP contribution in [0.3, 0.4) is 0 Å². The highest BCUT2D eigenvalue weighted by Crippen LogP contribution is 2.26. The van der Waals surface area contributed by atoms with Crippen molar-refractivity contribution in [1.82, 2.24) is 20.1 Å². The molecule has 0 saturated heterocycles. The van der Waals surface area contributed by atoms with Gasteiger partial charge in [-0.2, -0.15) is 10.4 Å². The summed E-state index contributed by atoms with van der Waals surface area (Å²) in [5, 5.41) is 22.2. The van der Waals surface area contributed by atoms with Gasteiger partial charge in [-0.15, -0.1) is 0 Å². The van der Waals surface area contributed by atoms with Gasteiger partial charge in [0.05, 0.1) is 5.69 Å². The third-order valence-electron chi connectivity index (χ3n) is 6.37. The SMILES string of the molecule is Cc1ccc(C(=O)c2nn(-c3ccc(Cl)cc3)c(NCCCNC(=O)c3cccc4[nH]ccc34)c2C#N)cc1. The molecule has 0 atom stereocenters. The van der Waals surface area contributed by atoms with E-state index in [1.165, 1.54) is 0 Å². The summed E-state index contributed by atoms with van der Waals surface area (Å²) in [5.74, 6) is -0.0951. The molecule has 0 aliphatic rings. The minimum atomic E-state index is -0.339. The van der Waals surface area contributed by atoms with Gasteiger partial charge in [-0.3, -0.25) is 9.59 Å². The molecule has 0 fully saturated rings. The van der Waals surface area contributed by atoms with Crippen molar-refractivity contribution in [2.24, 2.45) is 0 Å².